The Bertz CT molecular complexity index is 1360. The first-order valence-corrected chi connectivity index (χ1v) is 17.3. The van der Waals surface area contributed by atoms with Gasteiger partial charge in [0, 0.05) is 34.9 Å². The number of ether oxygens (including phenoxy) is 2. The molecule has 2 amide bonds. The number of aromatic nitrogens is 1. The van der Waals surface area contributed by atoms with E-state index in [0.717, 1.165) is 61.5 Å². The van der Waals surface area contributed by atoms with Gasteiger partial charge in [0.05, 0.1) is 27.5 Å². The molecule has 0 unspecified atom stereocenters. The Kier molecular flexibility index (Phi) is 11.1. The van der Waals surface area contributed by atoms with E-state index < -0.39 is 21.7 Å². The van der Waals surface area contributed by atoms with Gasteiger partial charge in [-0.25, -0.2) is 27.7 Å². The van der Waals surface area contributed by atoms with Crippen LogP contribution in [0.4, 0.5) is 15.3 Å². The highest BCUT2D eigenvalue weighted by Crippen LogP contribution is 2.40. The molecule has 0 spiro atoms. The standard InChI is InChI=1S/C30H45N5O6S2/c1-19(2)41-29(37)33-22-8-6-21(7-9-22)27-32-17-25(42-27)24-11-10-23(16-26(24)43(38,39)35-30(3,4)5)34-28(36)40-18-20-12-14-31-15-13-20/h10-11,16-17,19-22,31,35H,6-9,12-15,18H2,1-5H3,(H,33,37)(H,34,36)/t21-,22-. The lowest BCUT2D eigenvalue weighted by atomic mass is 9.86. The van der Waals surface area contributed by atoms with E-state index in [-0.39, 0.29) is 29.1 Å². The number of rotatable bonds is 9. The fraction of sp³-hybridized carbons (Fsp3) is 0.633. The second-order valence-corrected chi connectivity index (χ2v) is 15.4. The van der Waals surface area contributed by atoms with Crippen molar-refractivity contribution in [2.24, 2.45) is 5.92 Å². The quantitative estimate of drug-likeness (QED) is 0.279. The van der Waals surface area contributed by atoms with Gasteiger partial charge in [-0.3, -0.25) is 5.32 Å². The number of benzene rings is 1. The number of alkyl carbamates (subject to hydrolysis) is 1. The molecule has 4 N–H and O–H groups in total. The fourth-order valence-electron chi connectivity index (χ4n) is 5.38. The molecule has 238 valence electrons. The number of amides is 2. The summed E-state index contributed by atoms with van der Waals surface area (Å²) in [5, 5.41) is 9.87. The van der Waals surface area contributed by atoms with Crippen molar-refractivity contribution < 1.29 is 27.5 Å². The van der Waals surface area contributed by atoms with Gasteiger partial charge >= 0.3 is 12.2 Å². The molecule has 1 aliphatic heterocycles. The van der Waals surface area contributed by atoms with Crippen molar-refractivity contribution in [1.82, 2.24) is 20.3 Å². The van der Waals surface area contributed by atoms with E-state index >= 15 is 0 Å². The second-order valence-electron chi connectivity index (χ2n) is 12.7. The van der Waals surface area contributed by atoms with Gasteiger partial charge in [0.2, 0.25) is 10.0 Å². The lowest BCUT2D eigenvalue weighted by Gasteiger charge is -2.28. The van der Waals surface area contributed by atoms with E-state index in [1.165, 1.54) is 17.4 Å². The van der Waals surface area contributed by atoms with Gasteiger partial charge in [-0.15, -0.1) is 11.3 Å². The zero-order valence-electron chi connectivity index (χ0n) is 25.7. The molecule has 1 aromatic heterocycles. The Morgan fingerprint density at radius 3 is 2.42 bits per heavy atom. The van der Waals surface area contributed by atoms with E-state index in [2.05, 4.69) is 25.7 Å². The molecule has 11 nitrogen and oxygen atoms in total. The third-order valence-electron chi connectivity index (χ3n) is 7.40. The third kappa shape index (κ3) is 9.88. The van der Waals surface area contributed by atoms with E-state index in [0.29, 0.717) is 23.8 Å². The molecule has 13 heteroatoms. The van der Waals surface area contributed by atoms with Crippen molar-refractivity contribution in [2.75, 3.05) is 25.0 Å². The summed E-state index contributed by atoms with van der Waals surface area (Å²) < 4.78 is 40.6. The van der Waals surface area contributed by atoms with Gasteiger partial charge in [0.25, 0.3) is 0 Å². The lowest BCUT2D eigenvalue weighted by molar-refractivity contribution is 0.109. The first kappa shape index (κ1) is 33.2. The molecule has 1 aromatic carbocycles. The molecular formula is C30H45N5O6S2. The minimum atomic E-state index is -3.95. The summed E-state index contributed by atoms with van der Waals surface area (Å²) in [5.41, 5.74) is 0.140. The van der Waals surface area contributed by atoms with Crippen molar-refractivity contribution >= 4 is 39.2 Å². The van der Waals surface area contributed by atoms with Crippen LogP contribution in [-0.2, 0) is 19.5 Å². The van der Waals surface area contributed by atoms with Gasteiger partial charge in [0.15, 0.2) is 0 Å². The maximum atomic E-state index is 13.6. The molecule has 0 atom stereocenters. The average molecular weight is 636 g/mol. The van der Waals surface area contributed by atoms with Crippen LogP contribution < -0.4 is 20.7 Å². The van der Waals surface area contributed by atoms with Crippen molar-refractivity contribution in [3.63, 3.8) is 0 Å². The maximum absolute atomic E-state index is 13.6. The van der Waals surface area contributed by atoms with Crippen LogP contribution >= 0.6 is 11.3 Å². The van der Waals surface area contributed by atoms with Gasteiger partial charge in [-0.1, -0.05) is 6.07 Å². The Morgan fingerprint density at radius 2 is 1.77 bits per heavy atom. The van der Waals surface area contributed by atoms with Crippen LogP contribution in [0.5, 0.6) is 0 Å². The predicted octanol–water partition coefficient (Wildman–Crippen LogP) is 5.60. The summed E-state index contributed by atoms with van der Waals surface area (Å²) in [4.78, 5) is 30.0. The summed E-state index contributed by atoms with van der Waals surface area (Å²) in [6.45, 7) is 11.1. The normalized spacial score (nSPS) is 20.0. The topological polar surface area (TPSA) is 148 Å². The van der Waals surface area contributed by atoms with Gasteiger partial charge in [-0.05, 0) is 104 Å². The highest BCUT2D eigenvalue weighted by molar-refractivity contribution is 7.89. The molecule has 0 radical (unpaired) electrons. The summed E-state index contributed by atoms with van der Waals surface area (Å²) in [6.07, 6.45) is 5.80. The van der Waals surface area contributed by atoms with Crippen LogP contribution in [0.3, 0.4) is 0 Å². The van der Waals surface area contributed by atoms with Gasteiger partial charge in [-0.2, -0.15) is 0 Å². The highest BCUT2D eigenvalue weighted by Gasteiger charge is 2.29. The Balaban J connectivity index is 1.48. The number of nitrogens with zero attached hydrogens (tertiary/aromatic N) is 1. The number of anilines is 1. The summed E-state index contributed by atoms with van der Waals surface area (Å²) in [7, 11) is -3.95. The minimum Gasteiger partial charge on any atom is -0.449 e. The van der Waals surface area contributed by atoms with Crippen LogP contribution in [0.25, 0.3) is 10.4 Å². The first-order valence-electron chi connectivity index (χ1n) is 15.0. The molecular weight excluding hydrogens is 590 g/mol. The molecule has 2 fully saturated rings. The summed E-state index contributed by atoms with van der Waals surface area (Å²) >= 11 is 1.48. The highest BCUT2D eigenvalue weighted by atomic mass is 32.2. The summed E-state index contributed by atoms with van der Waals surface area (Å²) in [6, 6.07) is 4.93. The Morgan fingerprint density at radius 1 is 1.07 bits per heavy atom. The Labute approximate surface area is 259 Å². The molecule has 1 aliphatic carbocycles. The number of carbonyl (C=O) groups excluding carboxylic acids is 2. The number of nitrogens with one attached hydrogen (secondary N) is 4. The van der Waals surface area contributed by atoms with Gasteiger partial charge in [0.1, 0.15) is 0 Å². The summed E-state index contributed by atoms with van der Waals surface area (Å²) in [5.74, 6) is 0.538. The van der Waals surface area contributed by atoms with Crippen LogP contribution in [-0.4, -0.2) is 63.0 Å². The number of carbonyl (C=O) groups is 2. The molecule has 0 bridgehead atoms. The largest absolute Gasteiger partial charge is 0.449 e. The van der Waals surface area contributed by atoms with E-state index in [4.69, 9.17) is 9.47 Å². The second kappa shape index (κ2) is 14.4. The number of hydrogen-bond donors (Lipinski definition) is 4. The smallest absolute Gasteiger partial charge is 0.411 e. The monoisotopic (exact) mass is 635 g/mol. The van der Waals surface area contributed by atoms with E-state index in [1.807, 2.05) is 13.8 Å². The molecule has 2 aliphatic rings. The van der Waals surface area contributed by atoms with E-state index in [9.17, 15) is 18.0 Å². The maximum Gasteiger partial charge on any atom is 0.411 e. The molecule has 1 saturated heterocycles. The van der Waals surface area contributed by atoms with Crippen molar-refractivity contribution in [1.29, 1.82) is 0 Å². The van der Waals surface area contributed by atoms with Gasteiger partial charge < -0.3 is 20.1 Å². The first-order chi connectivity index (χ1) is 20.3. The SMILES string of the molecule is CC(C)OC(=O)N[C@H]1CC[C@H](c2ncc(-c3ccc(NC(=O)OCC4CCNCC4)cc3S(=O)(=O)NC(C)(C)C)s2)CC1. The fourth-order valence-corrected chi connectivity index (χ4v) is 8.24. The number of thiazole rings is 1. The molecule has 2 heterocycles. The molecule has 1 saturated carbocycles. The number of hydrogen-bond acceptors (Lipinski definition) is 9. The zero-order valence-corrected chi connectivity index (χ0v) is 27.3. The minimum absolute atomic E-state index is 0.0605. The lowest BCUT2D eigenvalue weighted by Crippen LogP contribution is -2.40. The predicted molar refractivity (Wildman–Crippen MR) is 168 cm³/mol. The van der Waals surface area contributed by atoms with Crippen LogP contribution in [0.15, 0.2) is 29.3 Å². The van der Waals surface area contributed by atoms with Crippen molar-refractivity contribution in [2.45, 2.75) is 102 Å². The zero-order chi connectivity index (χ0) is 31.2. The van der Waals surface area contributed by atoms with E-state index in [1.54, 1.807) is 39.1 Å². The molecule has 2 aromatic rings. The average Bonchev–Trinajstić information content (AvgIpc) is 3.41. The van der Waals surface area contributed by atoms with Crippen LogP contribution in [0, 0.1) is 5.92 Å². The molecule has 43 heavy (non-hydrogen) atoms. The molecule has 4 rings (SSSR count). The Hall–Kier alpha value is -2.74. The van der Waals surface area contributed by atoms with Crippen LogP contribution in [0.1, 0.15) is 84.1 Å². The van der Waals surface area contributed by atoms with Crippen LogP contribution in [0.2, 0.25) is 0 Å². The number of piperidine rings is 1. The third-order valence-corrected chi connectivity index (χ3v) is 10.4. The van der Waals surface area contributed by atoms with Crippen molar-refractivity contribution in [3.05, 3.63) is 29.4 Å². The van der Waals surface area contributed by atoms with Crippen molar-refractivity contribution in [3.8, 4) is 10.4 Å². The number of sulfonamides is 1.